The van der Waals surface area contributed by atoms with E-state index < -0.39 is 0 Å². The van der Waals surface area contributed by atoms with Crippen LogP contribution >= 0.6 is 23.1 Å². The first-order valence-corrected chi connectivity index (χ1v) is 13.5. The number of thiazole rings is 1. The molecule has 0 aliphatic carbocycles. The third kappa shape index (κ3) is 5.45. The van der Waals surface area contributed by atoms with Gasteiger partial charge in [0, 0.05) is 40.6 Å². The van der Waals surface area contributed by atoms with Gasteiger partial charge in [-0.1, -0.05) is 53.3 Å². The molecule has 2 amide bonds. The summed E-state index contributed by atoms with van der Waals surface area (Å²) in [4.78, 5) is 30.6. The highest BCUT2D eigenvalue weighted by molar-refractivity contribution is 8.00. The van der Waals surface area contributed by atoms with E-state index >= 15 is 0 Å². The maximum absolute atomic E-state index is 12.7. The van der Waals surface area contributed by atoms with Gasteiger partial charge in [0.25, 0.3) is 5.91 Å². The summed E-state index contributed by atoms with van der Waals surface area (Å²) < 4.78 is 3.19. The molecule has 0 fully saturated rings. The van der Waals surface area contributed by atoms with E-state index in [0.29, 0.717) is 23.8 Å². The Balaban J connectivity index is 1.21. The number of hydrogen-bond acceptors (Lipinski definition) is 5. The normalized spacial score (nSPS) is 11.2. The lowest BCUT2D eigenvalue weighted by Crippen LogP contribution is -2.27. The first-order chi connectivity index (χ1) is 17.5. The zero-order valence-corrected chi connectivity index (χ0v) is 21.7. The van der Waals surface area contributed by atoms with Crippen molar-refractivity contribution in [2.75, 3.05) is 17.6 Å². The van der Waals surface area contributed by atoms with Crippen molar-refractivity contribution in [3.63, 3.8) is 0 Å². The number of aromatic nitrogens is 2. The maximum atomic E-state index is 12.7. The van der Waals surface area contributed by atoms with Crippen molar-refractivity contribution < 1.29 is 9.59 Å². The van der Waals surface area contributed by atoms with Gasteiger partial charge in [-0.25, -0.2) is 4.98 Å². The Morgan fingerprint density at radius 3 is 2.61 bits per heavy atom. The SMILES string of the molecule is Cc1ccc(C(=O)NCCn2cc(SCC(=O)Nc3nc4ccc(C)cc4s3)c3ccccc32)cc1. The lowest BCUT2D eigenvalue weighted by molar-refractivity contribution is -0.113. The zero-order chi connectivity index (χ0) is 25.1. The van der Waals surface area contributed by atoms with Gasteiger partial charge in [0.15, 0.2) is 5.13 Å². The largest absolute Gasteiger partial charge is 0.350 e. The van der Waals surface area contributed by atoms with Crippen molar-refractivity contribution >= 4 is 61.2 Å². The molecule has 0 unspecified atom stereocenters. The summed E-state index contributed by atoms with van der Waals surface area (Å²) >= 11 is 2.99. The molecule has 0 aliphatic rings. The molecule has 0 atom stereocenters. The summed E-state index contributed by atoms with van der Waals surface area (Å²) in [5.74, 6) is 0.119. The van der Waals surface area contributed by atoms with Gasteiger partial charge >= 0.3 is 0 Å². The summed E-state index contributed by atoms with van der Waals surface area (Å²) in [6, 6.07) is 21.7. The van der Waals surface area contributed by atoms with E-state index in [9.17, 15) is 9.59 Å². The minimum Gasteiger partial charge on any atom is -0.350 e. The Bertz CT molecular complexity index is 1550. The number of fused-ring (bicyclic) bond motifs is 2. The number of benzene rings is 3. The smallest absolute Gasteiger partial charge is 0.251 e. The molecule has 36 heavy (non-hydrogen) atoms. The van der Waals surface area contributed by atoms with E-state index in [1.54, 1.807) is 0 Å². The predicted molar refractivity (Wildman–Crippen MR) is 149 cm³/mol. The standard InChI is InChI=1S/C28H26N4O2S2/c1-18-7-10-20(11-8-18)27(34)29-13-14-32-16-25(21-5-3-4-6-23(21)32)35-17-26(33)31-28-30-22-12-9-19(2)15-24(22)36-28/h3-12,15-16H,13-14,17H2,1-2H3,(H,29,34)(H,30,31,33). The molecule has 2 heterocycles. The van der Waals surface area contributed by atoms with Crippen LogP contribution < -0.4 is 10.6 Å². The van der Waals surface area contributed by atoms with E-state index in [-0.39, 0.29) is 17.6 Å². The van der Waals surface area contributed by atoms with Crippen LogP contribution in [-0.4, -0.2) is 33.7 Å². The first kappa shape index (κ1) is 24.1. The second-order valence-corrected chi connectivity index (χ2v) is 10.7. The van der Waals surface area contributed by atoms with Crippen LogP contribution in [0.1, 0.15) is 21.5 Å². The lowest BCUT2D eigenvalue weighted by atomic mass is 10.1. The minimum absolute atomic E-state index is 0.0808. The number of carbonyl (C=O) groups is 2. The van der Waals surface area contributed by atoms with Crippen molar-refractivity contribution in [1.82, 2.24) is 14.9 Å². The minimum atomic E-state index is -0.0852. The molecule has 2 N–H and O–H groups in total. The van der Waals surface area contributed by atoms with E-state index in [1.165, 1.54) is 28.7 Å². The number of amides is 2. The molecule has 0 aliphatic heterocycles. The first-order valence-electron chi connectivity index (χ1n) is 11.7. The fourth-order valence-electron chi connectivity index (χ4n) is 3.99. The highest BCUT2D eigenvalue weighted by atomic mass is 32.2. The average Bonchev–Trinajstić information content (AvgIpc) is 3.43. The Morgan fingerprint density at radius 1 is 1.00 bits per heavy atom. The van der Waals surface area contributed by atoms with E-state index in [0.717, 1.165) is 31.6 Å². The van der Waals surface area contributed by atoms with Crippen LogP contribution in [0.5, 0.6) is 0 Å². The molecule has 2 aromatic heterocycles. The third-order valence-corrected chi connectivity index (χ3v) is 7.83. The maximum Gasteiger partial charge on any atom is 0.251 e. The monoisotopic (exact) mass is 514 g/mol. The summed E-state index contributed by atoms with van der Waals surface area (Å²) in [5, 5.41) is 7.64. The highest BCUT2D eigenvalue weighted by Crippen LogP contribution is 2.31. The fraction of sp³-hybridized carbons (Fsp3) is 0.179. The number of aryl methyl sites for hydroxylation is 2. The zero-order valence-electron chi connectivity index (χ0n) is 20.1. The van der Waals surface area contributed by atoms with Crippen LogP contribution in [0.4, 0.5) is 5.13 Å². The second-order valence-electron chi connectivity index (χ2n) is 8.65. The van der Waals surface area contributed by atoms with Crippen molar-refractivity contribution in [3.8, 4) is 0 Å². The number of thioether (sulfide) groups is 1. The van der Waals surface area contributed by atoms with Gasteiger partial charge in [-0.2, -0.15) is 0 Å². The Morgan fingerprint density at radius 2 is 1.78 bits per heavy atom. The van der Waals surface area contributed by atoms with Crippen molar-refractivity contribution in [1.29, 1.82) is 0 Å². The van der Waals surface area contributed by atoms with Gasteiger partial charge in [-0.15, -0.1) is 11.8 Å². The average molecular weight is 515 g/mol. The van der Waals surface area contributed by atoms with Gasteiger partial charge in [0.2, 0.25) is 5.91 Å². The summed E-state index contributed by atoms with van der Waals surface area (Å²) in [6.45, 7) is 5.19. The fourth-order valence-corrected chi connectivity index (χ4v) is 5.86. The number of anilines is 1. The van der Waals surface area contributed by atoms with Crippen LogP contribution in [0.15, 0.2) is 77.8 Å². The van der Waals surface area contributed by atoms with E-state index in [1.807, 2.05) is 62.4 Å². The molecule has 0 saturated heterocycles. The molecule has 3 aromatic carbocycles. The molecule has 5 aromatic rings. The van der Waals surface area contributed by atoms with E-state index in [4.69, 9.17) is 0 Å². The number of carbonyl (C=O) groups excluding carboxylic acids is 2. The molecule has 5 rings (SSSR count). The lowest BCUT2D eigenvalue weighted by Gasteiger charge is -2.08. The molecular formula is C28H26N4O2S2. The van der Waals surface area contributed by atoms with Gasteiger partial charge < -0.3 is 15.2 Å². The van der Waals surface area contributed by atoms with Gasteiger partial charge in [-0.3, -0.25) is 9.59 Å². The van der Waals surface area contributed by atoms with Crippen LogP contribution in [0.3, 0.4) is 0 Å². The molecule has 6 nitrogen and oxygen atoms in total. The molecule has 0 bridgehead atoms. The molecule has 0 radical (unpaired) electrons. The second kappa shape index (κ2) is 10.6. The quantitative estimate of drug-likeness (QED) is 0.248. The number of para-hydroxylation sites is 1. The van der Waals surface area contributed by atoms with Gasteiger partial charge in [0.1, 0.15) is 0 Å². The Kier molecular flexibility index (Phi) is 7.06. The Hall–Kier alpha value is -3.62. The van der Waals surface area contributed by atoms with Crippen LogP contribution in [-0.2, 0) is 11.3 Å². The Labute approximate surface area is 217 Å². The molecule has 182 valence electrons. The summed E-state index contributed by atoms with van der Waals surface area (Å²) in [5.41, 5.74) is 4.92. The van der Waals surface area contributed by atoms with Crippen LogP contribution in [0, 0.1) is 13.8 Å². The highest BCUT2D eigenvalue weighted by Gasteiger charge is 2.13. The van der Waals surface area contributed by atoms with Gasteiger partial charge in [-0.05, 0) is 49.7 Å². The summed E-state index contributed by atoms with van der Waals surface area (Å²) in [6.07, 6.45) is 2.06. The molecule has 8 heteroatoms. The van der Waals surface area contributed by atoms with E-state index in [2.05, 4.69) is 44.6 Å². The van der Waals surface area contributed by atoms with Crippen LogP contribution in [0.25, 0.3) is 21.1 Å². The van der Waals surface area contributed by atoms with Crippen molar-refractivity contribution in [2.45, 2.75) is 25.3 Å². The molecular weight excluding hydrogens is 488 g/mol. The van der Waals surface area contributed by atoms with Crippen molar-refractivity contribution in [2.24, 2.45) is 0 Å². The number of hydrogen-bond donors (Lipinski definition) is 2. The number of nitrogens with zero attached hydrogens (tertiary/aromatic N) is 2. The van der Waals surface area contributed by atoms with Crippen LogP contribution in [0.2, 0.25) is 0 Å². The topological polar surface area (TPSA) is 76.0 Å². The predicted octanol–water partition coefficient (Wildman–Crippen LogP) is 6.03. The molecule has 0 spiro atoms. The van der Waals surface area contributed by atoms with Crippen molar-refractivity contribution in [3.05, 3.63) is 89.6 Å². The molecule has 0 saturated carbocycles. The number of nitrogens with one attached hydrogen (secondary N) is 2. The summed E-state index contributed by atoms with van der Waals surface area (Å²) in [7, 11) is 0. The number of rotatable bonds is 8. The third-order valence-electron chi connectivity index (χ3n) is 5.85. The van der Waals surface area contributed by atoms with Gasteiger partial charge in [0.05, 0.1) is 16.0 Å².